The Morgan fingerprint density at radius 3 is 2.52 bits per heavy atom. The van der Waals surface area contributed by atoms with Crippen LogP contribution in [0, 0.1) is 0 Å². The molecule has 23 heavy (non-hydrogen) atoms. The topological polar surface area (TPSA) is 54.9 Å². The van der Waals surface area contributed by atoms with Crippen molar-refractivity contribution in [3.8, 4) is 11.3 Å². The van der Waals surface area contributed by atoms with Crippen LogP contribution < -0.4 is 5.32 Å². The molecule has 0 spiro atoms. The second kappa shape index (κ2) is 7.31. The lowest BCUT2D eigenvalue weighted by Crippen LogP contribution is -2.26. The molecule has 0 saturated heterocycles. The van der Waals surface area contributed by atoms with Gasteiger partial charge in [-0.1, -0.05) is 48.5 Å². The van der Waals surface area contributed by atoms with Gasteiger partial charge in [-0.3, -0.25) is 4.79 Å². The molecule has 2 aromatic carbocycles. The summed E-state index contributed by atoms with van der Waals surface area (Å²) in [5, 5.41) is 2.98. The lowest BCUT2D eigenvalue weighted by Gasteiger charge is -2.09. The van der Waals surface area contributed by atoms with Crippen molar-refractivity contribution >= 4 is 5.91 Å². The molecule has 0 aliphatic carbocycles. The zero-order valence-electron chi connectivity index (χ0n) is 12.6. The minimum absolute atomic E-state index is 0.0878. The SMILES string of the molecule is O=C(NCCc1ccccc1)c1ccccc1-c1ccncn1. The highest BCUT2D eigenvalue weighted by Gasteiger charge is 2.12. The molecule has 0 radical (unpaired) electrons. The van der Waals surface area contributed by atoms with Gasteiger partial charge < -0.3 is 5.32 Å². The van der Waals surface area contributed by atoms with E-state index in [2.05, 4.69) is 27.4 Å². The van der Waals surface area contributed by atoms with Crippen LogP contribution in [0.2, 0.25) is 0 Å². The number of rotatable bonds is 5. The molecule has 1 N–H and O–H groups in total. The summed E-state index contributed by atoms with van der Waals surface area (Å²) in [6, 6.07) is 19.4. The Labute approximate surface area is 135 Å². The Morgan fingerprint density at radius 1 is 0.957 bits per heavy atom. The minimum atomic E-state index is -0.0878. The van der Waals surface area contributed by atoms with E-state index in [1.807, 2.05) is 42.5 Å². The van der Waals surface area contributed by atoms with Crippen molar-refractivity contribution < 1.29 is 4.79 Å². The first kappa shape index (κ1) is 14.9. The van der Waals surface area contributed by atoms with Gasteiger partial charge >= 0.3 is 0 Å². The van der Waals surface area contributed by atoms with Crippen LogP contribution in [-0.4, -0.2) is 22.4 Å². The first-order valence-electron chi connectivity index (χ1n) is 7.52. The highest BCUT2D eigenvalue weighted by atomic mass is 16.1. The fourth-order valence-corrected chi connectivity index (χ4v) is 2.41. The number of carbonyl (C=O) groups excluding carboxylic acids is 1. The molecule has 4 heteroatoms. The van der Waals surface area contributed by atoms with Gasteiger partial charge in [0.1, 0.15) is 6.33 Å². The molecule has 0 fully saturated rings. The number of hydrogen-bond acceptors (Lipinski definition) is 3. The zero-order chi connectivity index (χ0) is 15.9. The van der Waals surface area contributed by atoms with Gasteiger partial charge in [0, 0.05) is 23.9 Å². The first-order chi connectivity index (χ1) is 11.3. The van der Waals surface area contributed by atoms with E-state index in [-0.39, 0.29) is 5.91 Å². The predicted octanol–water partition coefficient (Wildman–Crippen LogP) is 3.12. The van der Waals surface area contributed by atoms with Crippen molar-refractivity contribution in [1.82, 2.24) is 15.3 Å². The Bertz CT molecular complexity index is 773. The highest BCUT2D eigenvalue weighted by molar-refractivity contribution is 6.00. The molecular weight excluding hydrogens is 286 g/mol. The molecule has 0 unspecified atom stereocenters. The third kappa shape index (κ3) is 3.80. The van der Waals surface area contributed by atoms with Crippen molar-refractivity contribution in [3.05, 3.63) is 84.3 Å². The smallest absolute Gasteiger partial charge is 0.251 e. The molecule has 0 bridgehead atoms. The van der Waals surface area contributed by atoms with Crippen LogP contribution in [0.25, 0.3) is 11.3 Å². The molecule has 0 aliphatic rings. The number of amides is 1. The molecule has 114 valence electrons. The summed E-state index contributed by atoms with van der Waals surface area (Å²) < 4.78 is 0. The maximum Gasteiger partial charge on any atom is 0.251 e. The van der Waals surface area contributed by atoms with E-state index in [9.17, 15) is 4.79 Å². The highest BCUT2D eigenvalue weighted by Crippen LogP contribution is 2.20. The molecule has 3 rings (SSSR count). The average Bonchev–Trinajstić information content (AvgIpc) is 2.63. The van der Waals surface area contributed by atoms with Crippen molar-refractivity contribution in [3.63, 3.8) is 0 Å². The second-order valence-electron chi connectivity index (χ2n) is 5.13. The molecular formula is C19H17N3O. The van der Waals surface area contributed by atoms with Crippen molar-refractivity contribution in [2.24, 2.45) is 0 Å². The fourth-order valence-electron chi connectivity index (χ4n) is 2.41. The van der Waals surface area contributed by atoms with Crippen LogP contribution in [-0.2, 0) is 6.42 Å². The molecule has 1 aromatic heterocycles. The first-order valence-corrected chi connectivity index (χ1v) is 7.52. The zero-order valence-corrected chi connectivity index (χ0v) is 12.6. The van der Waals surface area contributed by atoms with E-state index in [0.29, 0.717) is 12.1 Å². The van der Waals surface area contributed by atoms with E-state index in [0.717, 1.165) is 17.7 Å². The summed E-state index contributed by atoms with van der Waals surface area (Å²) in [6.45, 7) is 0.598. The second-order valence-corrected chi connectivity index (χ2v) is 5.13. The monoisotopic (exact) mass is 303 g/mol. The lowest BCUT2D eigenvalue weighted by atomic mass is 10.0. The number of carbonyl (C=O) groups is 1. The van der Waals surface area contributed by atoms with Gasteiger partial charge in [0.2, 0.25) is 0 Å². The molecule has 0 saturated carbocycles. The van der Waals surface area contributed by atoms with Gasteiger partial charge in [-0.2, -0.15) is 0 Å². The van der Waals surface area contributed by atoms with E-state index < -0.39 is 0 Å². The van der Waals surface area contributed by atoms with E-state index >= 15 is 0 Å². The van der Waals surface area contributed by atoms with Gasteiger partial charge in [-0.15, -0.1) is 0 Å². The largest absolute Gasteiger partial charge is 0.352 e. The quantitative estimate of drug-likeness (QED) is 0.788. The van der Waals surface area contributed by atoms with Crippen molar-refractivity contribution in [2.75, 3.05) is 6.54 Å². The van der Waals surface area contributed by atoms with Crippen LogP contribution in [0.1, 0.15) is 15.9 Å². The minimum Gasteiger partial charge on any atom is -0.352 e. The summed E-state index contributed by atoms with van der Waals surface area (Å²) >= 11 is 0. The molecule has 4 nitrogen and oxygen atoms in total. The molecule has 1 heterocycles. The third-order valence-corrected chi connectivity index (χ3v) is 3.57. The summed E-state index contributed by atoms with van der Waals surface area (Å²) in [5.41, 5.74) is 3.39. The Balaban J connectivity index is 1.70. The van der Waals surface area contributed by atoms with Crippen molar-refractivity contribution in [1.29, 1.82) is 0 Å². The van der Waals surface area contributed by atoms with Gasteiger partial charge in [0.15, 0.2) is 0 Å². The van der Waals surface area contributed by atoms with Crippen LogP contribution in [0.5, 0.6) is 0 Å². The molecule has 0 aliphatic heterocycles. The van der Waals surface area contributed by atoms with Crippen LogP contribution in [0.15, 0.2) is 73.2 Å². The van der Waals surface area contributed by atoms with Gasteiger partial charge in [-0.05, 0) is 24.1 Å². The standard InChI is InChI=1S/C19H17N3O/c23-19(21-13-10-15-6-2-1-3-7-15)17-9-5-4-8-16(17)18-11-12-20-14-22-18/h1-9,11-12,14H,10,13H2,(H,21,23). The maximum absolute atomic E-state index is 12.5. The maximum atomic E-state index is 12.5. The van der Waals surface area contributed by atoms with Crippen LogP contribution in [0.4, 0.5) is 0 Å². The normalized spacial score (nSPS) is 10.3. The lowest BCUT2D eigenvalue weighted by molar-refractivity contribution is 0.0955. The summed E-state index contributed by atoms with van der Waals surface area (Å²) in [6.07, 6.45) is 3.97. The van der Waals surface area contributed by atoms with Crippen molar-refractivity contribution in [2.45, 2.75) is 6.42 Å². The van der Waals surface area contributed by atoms with Gasteiger partial charge in [0.05, 0.1) is 5.69 Å². The molecule has 0 atom stereocenters. The number of aromatic nitrogens is 2. The Kier molecular flexibility index (Phi) is 4.74. The molecule has 1 amide bonds. The van der Waals surface area contributed by atoms with Gasteiger partial charge in [0.25, 0.3) is 5.91 Å². The fraction of sp³-hybridized carbons (Fsp3) is 0.105. The Morgan fingerprint density at radius 2 is 1.74 bits per heavy atom. The number of benzene rings is 2. The van der Waals surface area contributed by atoms with E-state index in [1.165, 1.54) is 11.9 Å². The van der Waals surface area contributed by atoms with E-state index in [4.69, 9.17) is 0 Å². The summed E-state index contributed by atoms with van der Waals surface area (Å²) in [5.74, 6) is -0.0878. The Hall–Kier alpha value is -3.01. The molecule has 3 aromatic rings. The number of hydrogen-bond donors (Lipinski definition) is 1. The number of nitrogens with one attached hydrogen (secondary N) is 1. The predicted molar refractivity (Wildman–Crippen MR) is 89.9 cm³/mol. The number of nitrogens with zero attached hydrogens (tertiary/aromatic N) is 2. The van der Waals surface area contributed by atoms with Crippen LogP contribution in [0.3, 0.4) is 0 Å². The third-order valence-electron chi connectivity index (χ3n) is 3.57. The van der Waals surface area contributed by atoms with E-state index in [1.54, 1.807) is 12.3 Å². The van der Waals surface area contributed by atoms with Crippen LogP contribution >= 0.6 is 0 Å². The summed E-state index contributed by atoms with van der Waals surface area (Å²) in [4.78, 5) is 20.6. The average molecular weight is 303 g/mol. The summed E-state index contributed by atoms with van der Waals surface area (Å²) in [7, 11) is 0. The van der Waals surface area contributed by atoms with Gasteiger partial charge in [-0.25, -0.2) is 9.97 Å².